The smallest absolute Gasteiger partial charge is 0.332 e. The van der Waals surface area contributed by atoms with Crippen LogP contribution in [-0.4, -0.2) is 67.3 Å². The van der Waals surface area contributed by atoms with Gasteiger partial charge in [0, 0.05) is 35.5 Å². The molecule has 4 bridgehead atoms. The minimum absolute atomic E-state index is 0.0426. The topological polar surface area (TPSA) is 127 Å². The van der Waals surface area contributed by atoms with Gasteiger partial charge in [0.25, 0.3) is 0 Å². The molecule has 400 valence electrons. The number of hydrogen-bond donors (Lipinski definition) is 1. The van der Waals surface area contributed by atoms with E-state index in [0.29, 0.717) is 57.1 Å². The van der Waals surface area contributed by atoms with Gasteiger partial charge in [0.05, 0.1) is 38.1 Å². The fourth-order valence-electron chi connectivity index (χ4n) is 16.2. The second kappa shape index (κ2) is 23.2. The average Bonchev–Trinajstić information content (AvgIpc) is 3.95. The second-order valence-corrected chi connectivity index (χ2v) is 24.5. The number of Topliss-reactive ketones (excluding diaryl/α,β-unsaturated/α-hetero) is 2. The van der Waals surface area contributed by atoms with Crippen molar-refractivity contribution < 1.29 is 47.9 Å². The molecule has 1 N–H and O–H groups in total. The van der Waals surface area contributed by atoms with Crippen LogP contribution < -0.4 is 0 Å². The lowest BCUT2D eigenvalue weighted by Crippen LogP contribution is -2.61. The number of ketones is 2. The summed E-state index contributed by atoms with van der Waals surface area (Å²) in [5.74, 6) is 0.559. The Balaban J connectivity index is 0.000000204. The summed E-state index contributed by atoms with van der Waals surface area (Å²) >= 11 is 0. The Labute approximate surface area is 437 Å². The number of ether oxygens (including phenoxy) is 6. The Hall–Kier alpha value is -3.77. The summed E-state index contributed by atoms with van der Waals surface area (Å²) in [5, 5.41) is 11.5. The van der Waals surface area contributed by atoms with E-state index in [9.17, 15) is 19.5 Å². The van der Waals surface area contributed by atoms with Crippen molar-refractivity contribution in [2.45, 2.75) is 190 Å². The Morgan fingerprint density at radius 1 is 0.562 bits per heavy atom. The maximum Gasteiger partial charge on any atom is 0.332 e. The van der Waals surface area contributed by atoms with Crippen LogP contribution >= 0.6 is 0 Å². The molecule has 0 radical (unpaired) electrons. The highest BCUT2D eigenvalue weighted by Gasteiger charge is 2.68. The van der Waals surface area contributed by atoms with Crippen molar-refractivity contribution in [2.75, 3.05) is 20.2 Å². The zero-order chi connectivity index (χ0) is 52.1. The first kappa shape index (κ1) is 55.5. The number of esters is 1. The van der Waals surface area contributed by atoms with Gasteiger partial charge in [-0.25, -0.2) is 4.79 Å². The molecule has 3 aromatic carbocycles. The molecule has 6 aliphatic rings. The Morgan fingerprint density at radius 3 is 1.42 bits per heavy atom. The lowest BCUT2D eigenvalue weighted by Gasteiger charge is -2.60. The van der Waals surface area contributed by atoms with E-state index in [1.165, 1.54) is 0 Å². The summed E-state index contributed by atoms with van der Waals surface area (Å²) in [6.45, 7) is 19.6. The van der Waals surface area contributed by atoms with Gasteiger partial charge in [0.15, 0.2) is 0 Å². The second-order valence-electron chi connectivity index (χ2n) is 24.5. The van der Waals surface area contributed by atoms with Crippen molar-refractivity contribution in [3.8, 4) is 0 Å². The Morgan fingerprint density at radius 2 is 0.973 bits per heavy atom. The molecule has 0 spiro atoms. The molecule has 10 nitrogen and oxygen atoms in total. The van der Waals surface area contributed by atoms with Gasteiger partial charge < -0.3 is 33.5 Å². The quantitative estimate of drug-likeness (QED) is 0.0793. The lowest BCUT2D eigenvalue weighted by molar-refractivity contribution is -0.225. The van der Waals surface area contributed by atoms with Gasteiger partial charge >= 0.3 is 5.97 Å². The van der Waals surface area contributed by atoms with Crippen molar-refractivity contribution in [1.82, 2.24) is 0 Å². The fourth-order valence-corrected chi connectivity index (χ4v) is 16.2. The van der Waals surface area contributed by atoms with E-state index in [1.807, 2.05) is 78.9 Å². The van der Waals surface area contributed by atoms with E-state index in [2.05, 4.69) is 67.5 Å². The minimum Gasteiger partial charge on any atom is -0.460 e. The highest BCUT2D eigenvalue weighted by molar-refractivity contribution is 5.86. The van der Waals surface area contributed by atoms with Gasteiger partial charge in [0.2, 0.25) is 0 Å². The molecule has 14 atom stereocenters. The predicted octanol–water partition coefficient (Wildman–Crippen LogP) is 12.8. The van der Waals surface area contributed by atoms with Gasteiger partial charge in [-0.2, -0.15) is 0 Å². The summed E-state index contributed by atoms with van der Waals surface area (Å²) in [7, 11) is 0. The van der Waals surface area contributed by atoms with Crippen LogP contribution in [0.3, 0.4) is 0 Å². The third-order valence-electron chi connectivity index (χ3n) is 20.5. The van der Waals surface area contributed by atoms with Gasteiger partial charge in [-0.15, -0.1) is 0 Å². The largest absolute Gasteiger partial charge is 0.460 e. The molecule has 6 saturated carbocycles. The number of aliphatic hydroxyl groups is 1. The zero-order valence-electron chi connectivity index (χ0n) is 45.5. The molecular weight excluding hydrogens is 917 g/mol. The maximum atomic E-state index is 13.7. The van der Waals surface area contributed by atoms with Crippen LogP contribution in [0, 0.1) is 56.2 Å². The standard InChI is InChI=1S/C36H48O6.C27H40O4/c1-5-34(3)21-30(42-31(38)24-39-22-27-13-8-6-9-14-27)35(4)18-12-19-36(20-17-29(37)32(35)36)26(2)33(34)41-25-40-23-28-15-10-7-11-16-28;1-5-25(3)16-22(29)26(4)13-9-14-27(15-12-21(28)23(26)27)19(2)24(25)31-18-30-17-20-10-7-6-8-11-20/h6-11,13-16,26,30,32-33H,5,12,17-25H2,1-4H3;6-8,10-11,19,22-24,29H,5,9,12-18H2,1-4H3/t26-,30+,32?,33-,34+,35-,36-;19-,22+,23?,24-,25+,26-,27-/m00/s1. The van der Waals surface area contributed by atoms with Gasteiger partial charge in [-0.1, -0.05) is 159 Å². The maximum absolute atomic E-state index is 13.7. The summed E-state index contributed by atoms with van der Waals surface area (Å²) < 4.78 is 37.3. The number of carbonyl (C=O) groups excluding carboxylic acids is 3. The number of aliphatic hydroxyl groups excluding tert-OH is 1. The van der Waals surface area contributed by atoms with Crippen LogP contribution in [0.1, 0.15) is 162 Å². The SMILES string of the molecule is CC[C@]1(C)C[C@@H](O)[C@]2(C)CCC[C@]3(CCC(=O)C32)[C@@H](C)[C@@H]1OCOCc1ccccc1.CC[C@]1(C)C[C@@H](OC(=O)COCc2ccccc2)[C@]2(C)CCC[C@]3(CCC(=O)C32)[C@@H](C)[C@@H]1OCOCc1ccccc1. The summed E-state index contributed by atoms with van der Waals surface area (Å²) in [4.78, 5) is 40.2. The molecule has 0 aromatic heterocycles. The van der Waals surface area contributed by atoms with Crippen molar-refractivity contribution in [3.05, 3.63) is 108 Å². The van der Waals surface area contributed by atoms with Crippen LogP contribution in [0.15, 0.2) is 91.0 Å². The van der Waals surface area contributed by atoms with Crippen molar-refractivity contribution in [2.24, 2.45) is 56.2 Å². The number of rotatable bonds is 17. The third-order valence-corrected chi connectivity index (χ3v) is 20.5. The fraction of sp³-hybridized carbons (Fsp3) is 0.667. The third kappa shape index (κ3) is 11.1. The highest BCUT2D eigenvalue weighted by atomic mass is 16.7. The molecule has 6 aliphatic carbocycles. The summed E-state index contributed by atoms with van der Waals surface area (Å²) in [6.07, 6.45) is 11.1. The van der Waals surface area contributed by atoms with Gasteiger partial charge in [-0.05, 0) is 114 Å². The van der Waals surface area contributed by atoms with E-state index in [0.717, 1.165) is 80.9 Å². The summed E-state index contributed by atoms with van der Waals surface area (Å²) in [6, 6.07) is 30.1. The molecule has 0 amide bonds. The van der Waals surface area contributed by atoms with E-state index >= 15 is 0 Å². The highest BCUT2D eigenvalue weighted by Crippen LogP contribution is 2.68. The first-order chi connectivity index (χ1) is 35.0. The first-order valence-corrected chi connectivity index (χ1v) is 28.0. The van der Waals surface area contributed by atoms with Crippen LogP contribution in [0.4, 0.5) is 0 Å². The normalized spacial score (nSPS) is 37.9. The van der Waals surface area contributed by atoms with E-state index in [4.69, 9.17) is 28.4 Å². The van der Waals surface area contributed by atoms with Crippen LogP contribution in [0.5, 0.6) is 0 Å². The molecule has 73 heavy (non-hydrogen) atoms. The monoisotopic (exact) mass is 1000 g/mol. The zero-order valence-corrected chi connectivity index (χ0v) is 45.5. The van der Waals surface area contributed by atoms with Gasteiger partial charge in [0.1, 0.15) is 37.9 Å². The van der Waals surface area contributed by atoms with Crippen molar-refractivity contribution in [3.63, 3.8) is 0 Å². The van der Waals surface area contributed by atoms with E-state index in [1.54, 1.807) is 0 Å². The number of benzene rings is 3. The minimum atomic E-state index is -0.479. The molecule has 3 aromatic rings. The molecule has 0 aliphatic heterocycles. The molecule has 6 fully saturated rings. The summed E-state index contributed by atoms with van der Waals surface area (Å²) in [5.41, 5.74) is 1.86. The average molecular weight is 1010 g/mol. The molecule has 2 unspecified atom stereocenters. The van der Waals surface area contributed by atoms with Crippen LogP contribution in [0.2, 0.25) is 0 Å². The van der Waals surface area contributed by atoms with Gasteiger partial charge in [-0.3, -0.25) is 9.59 Å². The molecule has 9 rings (SSSR count). The first-order valence-electron chi connectivity index (χ1n) is 28.0. The Bertz CT molecular complexity index is 2290. The molecule has 0 heterocycles. The van der Waals surface area contributed by atoms with Crippen LogP contribution in [0.25, 0.3) is 0 Å². The van der Waals surface area contributed by atoms with Crippen molar-refractivity contribution >= 4 is 17.5 Å². The lowest BCUT2D eigenvalue weighted by atomic mass is 9.46. The Kier molecular flexibility index (Phi) is 17.6. The molecule has 10 heteroatoms. The van der Waals surface area contributed by atoms with Crippen LogP contribution in [-0.2, 0) is 62.6 Å². The molecular formula is C63H88O10. The van der Waals surface area contributed by atoms with E-state index < -0.39 is 17.6 Å². The number of hydrogen-bond acceptors (Lipinski definition) is 10. The predicted molar refractivity (Wildman–Crippen MR) is 283 cm³/mol. The van der Waals surface area contributed by atoms with Crippen molar-refractivity contribution in [1.29, 1.82) is 0 Å². The van der Waals surface area contributed by atoms with E-state index in [-0.39, 0.29) is 89.1 Å². The number of carbonyl (C=O) groups is 3. The molecule has 0 saturated heterocycles.